The molecule has 1 fully saturated rings. The summed E-state index contributed by atoms with van der Waals surface area (Å²) in [7, 11) is 1.93. The van der Waals surface area contributed by atoms with Gasteiger partial charge in [0.15, 0.2) is 5.82 Å². The zero-order valence-corrected chi connectivity index (χ0v) is 18.7. The van der Waals surface area contributed by atoms with Crippen LogP contribution in [0.15, 0.2) is 66.7 Å². The molecule has 1 aromatic heterocycles. The Labute approximate surface area is 196 Å². The number of nitrogens with zero attached hydrogens (tertiary/aromatic N) is 2. The molecule has 0 aliphatic carbocycles. The molecular weight excluding hydrogens is 436 g/mol. The number of aromatic amines is 1. The minimum atomic E-state index is -0.911. The van der Waals surface area contributed by atoms with Crippen molar-refractivity contribution in [3.63, 3.8) is 0 Å². The summed E-state index contributed by atoms with van der Waals surface area (Å²) < 4.78 is 28.4. The number of fused-ring (bicyclic) bond motifs is 1. The maximum Gasteiger partial charge on any atom is 0.256 e. The van der Waals surface area contributed by atoms with Gasteiger partial charge in [0, 0.05) is 29.1 Å². The van der Waals surface area contributed by atoms with E-state index in [2.05, 4.69) is 20.8 Å². The summed E-state index contributed by atoms with van der Waals surface area (Å²) in [4.78, 5) is 14.8. The van der Waals surface area contributed by atoms with Gasteiger partial charge >= 0.3 is 0 Å². The summed E-state index contributed by atoms with van der Waals surface area (Å²) >= 11 is 0. The molecule has 1 amide bonds. The van der Waals surface area contributed by atoms with E-state index >= 15 is 0 Å². The van der Waals surface area contributed by atoms with E-state index in [9.17, 15) is 13.6 Å². The number of carbonyl (C=O) groups is 1. The first kappa shape index (κ1) is 22.0. The monoisotopic (exact) mass is 461 g/mol. The fraction of sp³-hybridized carbons (Fsp3) is 0.231. The van der Waals surface area contributed by atoms with Crippen LogP contribution in [0.5, 0.6) is 0 Å². The molecule has 2 heterocycles. The van der Waals surface area contributed by atoms with Crippen LogP contribution in [0.3, 0.4) is 0 Å². The number of nitrogens with one attached hydrogen (secondary N) is 3. The number of H-pyrrole nitrogens is 1. The molecule has 5 rings (SSSR count). The number of benzene rings is 3. The van der Waals surface area contributed by atoms with Gasteiger partial charge in [-0.3, -0.25) is 9.89 Å². The number of rotatable bonds is 5. The molecule has 8 heteroatoms. The zero-order chi connectivity index (χ0) is 23.7. The zero-order valence-electron chi connectivity index (χ0n) is 18.7. The fourth-order valence-electron chi connectivity index (χ4n) is 4.40. The van der Waals surface area contributed by atoms with E-state index in [1.54, 1.807) is 42.5 Å². The van der Waals surface area contributed by atoms with Gasteiger partial charge in [0.1, 0.15) is 12.0 Å². The lowest BCUT2D eigenvalue weighted by molar-refractivity contribution is 0.102. The van der Waals surface area contributed by atoms with Crippen molar-refractivity contribution in [3.05, 3.63) is 83.7 Å². The van der Waals surface area contributed by atoms with Crippen molar-refractivity contribution >= 4 is 34.0 Å². The SMILES string of the molecule is CN1CCC(c2ccc(C(=O)Nc3n[nH]c4cc(Nc5ccccc5F)ccc34)cc2)[C@@H](F)C1. The number of hydrogen-bond donors (Lipinski definition) is 3. The number of piperidine rings is 1. The van der Waals surface area contributed by atoms with E-state index in [1.807, 2.05) is 30.1 Å². The van der Waals surface area contributed by atoms with Crippen LogP contribution in [0.1, 0.15) is 28.3 Å². The summed E-state index contributed by atoms with van der Waals surface area (Å²) in [5.74, 6) is -0.380. The lowest BCUT2D eigenvalue weighted by atomic mass is 9.87. The summed E-state index contributed by atoms with van der Waals surface area (Å²) in [5, 5.41) is 13.7. The van der Waals surface area contributed by atoms with E-state index in [-0.39, 0.29) is 17.6 Å². The van der Waals surface area contributed by atoms with E-state index in [1.165, 1.54) is 6.07 Å². The van der Waals surface area contributed by atoms with Gasteiger partial charge in [-0.25, -0.2) is 8.78 Å². The molecule has 34 heavy (non-hydrogen) atoms. The first-order valence-corrected chi connectivity index (χ1v) is 11.2. The summed E-state index contributed by atoms with van der Waals surface area (Å²) in [6.07, 6.45) is -0.150. The third kappa shape index (κ3) is 4.49. The minimum absolute atomic E-state index is 0.143. The number of hydrogen-bond acceptors (Lipinski definition) is 4. The average Bonchev–Trinajstić information content (AvgIpc) is 3.22. The predicted octanol–water partition coefficient (Wildman–Crippen LogP) is 5.46. The first-order valence-electron chi connectivity index (χ1n) is 11.2. The Bertz CT molecular complexity index is 1320. The van der Waals surface area contributed by atoms with Crippen molar-refractivity contribution in [2.75, 3.05) is 30.8 Å². The number of carbonyl (C=O) groups excluding carboxylic acids is 1. The van der Waals surface area contributed by atoms with Crippen molar-refractivity contribution in [1.29, 1.82) is 0 Å². The second-order valence-corrected chi connectivity index (χ2v) is 8.69. The highest BCUT2D eigenvalue weighted by Gasteiger charge is 2.28. The largest absolute Gasteiger partial charge is 0.353 e. The first-order chi connectivity index (χ1) is 16.5. The van der Waals surface area contributed by atoms with Crippen LogP contribution in [-0.2, 0) is 0 Å². The summed E-state index contributed by atoms with van der Waals surface area (Å²) in [5.41, 5.74) is 3.15. The number of alkyl halides is 1. The van der Waals surface area contributed by atoms with Crippen LogP contribution in [0.4, 0.5) is 26.0 Å². The van der Waals surface area contributed by atoms with Crippen molar-refractivity contribution < 1.29 is 13.6 Å². The van der Waals surface area contributed by atoms with E-state index < -0.39 is 6.17 Å². The van der Waals surface area contributed by atoms with Crippen molar-refractivity contribution in [3.8, 4) is 0 Å². The lowest BCUT2D eigenvalue weighted by Gasteiger charge is -2.32. The van der Waals surface area contributed by atoms with Gasteiger partial charge in [-0.2, -0.15) is 5.10 Å². The quantitative estimate of drug-likeness (QED) is 0.369. The molecule has 0 spiro atoms. The normalized spacial score (nSPS) is 18.7. The molecule has 174 valence electrons. The van der Waals surface area contributed by atoms with Gasteiger partial charge in [-0.1, -0.05) is 24.3 Å². The fourth-order valence-corrected chi connectivity index (χ4v) is 4.40. The standard InChI is InChI=1S/C26H25F2N5O/c1-33-13-12-19(22(28)15-33)16-6-8-17(9-7-16)26(34)30-25-20-11-10-18(14-24(20)31-32-25)29-23-5-3-2-4-21(23)27/h2-11,14,19,22,29H,12-13,15H2,1H3,(H2,30,31,32,34)/t19?,22-/m0/s1. The molecule has 0 saturated carbocycles. The minimum Gasteiger partial charge on any atom is -0.353 e. The van der Waals surface area contributed by atoms with Crippen LogP contribution >= 0.6 is 0 Å². The van der Waals surface area contributed by atoms with E-state index in [0.29, 0.717) is 34.8 Å². The second-order valence-electron chi connectivity index (χ2n) is 8.69. The third-order valence-corrected chi connectivity index (χ3v) is 6.29. The van der Waals surface area contributed by atoms with Gasteiger partial charge in [0.05, 0.1) is 11.2 Å². The van der Waals surface area contributed by atoms with Crippen molar-refractivity contribution in [1.82, 2.24) is 15.1 Å². The number of halogens is 2. The Kier molecular flexibility index (Phi) is 5.98. The Morgan fingerprint density at radius 1 is 1.12 bits per heavy atom. The summed E-state index contributed by atoms with van der Waals surface area (Å²) in [6, 6.07) is 19.0. The molecule has 4 aromatic rings. The van der Waals surface area contributed by atoms with Gasteiger partial charge in [-0.05, 0) is 68.0 Å². The average molecular weight is 462 g/mol. The van der Waals surface area contributed by atoms with E-state index in [0.717, 1.165) is 23.9 Å². The molecule has 3 N–H and O–H groups in total. The van der Waals surface area contributed by atoms with Crippen molar-refractivity contribution in [2.45, 2.75) is 18.5 Å². The Balaban J connectivity index is 1.28. The topological polar surface area (TPSA) is 73.0 Å². The second kappa shape index (κ2) is 9.23. The number of likely N-dealkylation sites (tertiary alicyclic amines) is 1. The number of para-hydroxylation sites is 1. The van der Waals surface area contributed by atoms with Crippen LogP contribution in [0.2, 0.25) is 0 Å². The number of anilines is 3. The van der Waals surface area contributed by atoms with Gasteiger partial charge in [-0.15, -0.1) is 0 Å². The molecule has 3 aromatic carbocycles. The maximum atomic E-state index is 14.5. The Morgan fingerprint density at radius 3 is 2.68 bits per heavy atom. The molecular formula is C26H25F2N5O. The molecule has 0 radical (unpaired) electrons. The van der Waals surface area contributed by atoms with Crippen molar-refractivity contribution in [2.24, 2.45) is 0 Å². The third-order valence-electron chi connectivity index (χ3n) is 6.29. The molecule has 1 aliphatic heterocycles. The molecule has 1 aliphatic rings. The Morgan fingerprint density at radius 2 is 1.91 bits per heavy atom. The maximum absolute atomic E-state index is 14.5. The van der Waals surface area contributed by atoms with E-state index in [4.69, 9.17) is 0 Å². The van der Waals surface area contributed by atoms with Crippen LogP contribution in [0.25, 0.3) is 10.9 Å². The highest BCUT2D eigenvalue weighted by molar-refractivity contribution is 6.08. The molecule has 0 bridgehead atoms. The highest BCUT2D eigenvalue weighted by Crippen LogP contribution is 2.31. The highest BCUT2D eigenvalue weighted by atomic mass is 19.1. The molecule has 2 atom stereocenters. The van der Waals surface area contributed by atoms with Gasteiger partial charge < -0.3 is 15.5 Å². The molecule has 1 saturated heterocycles. The number of aromatic nitrogens is 2. The van der Waals surface area contributed by atoms with Gasteiger partial charge in [0.2, 0.25) is 0 Å². The smallest absolute Gasteiger partial charge is 0.256 e. The number of amides is 1. The van der Waals surface area contributed by atoms with Crippen LogP contribution in [0, 0.1) is 5.82 Å². The predicted molar refractivity (Wildman–Crippen MR) is 130 cm³/mol. The Hall–Kier alpha value is -3.78. The van der Waals surface area contributed by atoms with Crippen LogP contribution < -0.4 is 10.6 Å². The molecule has 6 nitrogen and oxygen atoms in total. The molecule has 1 unspecified atom stereocenters. The summed E-state index contributed by atoms with van der Waals surface area (Å²) in [6.45, 7) is 1.29. The van der Waals surface area contributed by atoms with Crippen LogP contribution in [-0.4, -0.2) is 47.3 Å². The lowest BCUT2D eigenvalue weighted by Crippen LogP contribution is -2.38. The van der Waals surface area contributed by atoms with Gasteiger partial charge in [0.25, 0.3) is 5.91 Å².